The average molecular weight is 254 g/mol. The lowest BCUT2D eigenvalue weighted by molar-refractivity contribution is -0.131. The Morgan fingerprint density at radius 3 is 2.58 bits per heavy atom. The van der Waals surface area contributed by atoms with Crippen LogP contribution in [0.3, 0.4) is 0 Å². The second kappa shape index (κ2) is 5.41. The van der Waals surface area contributed by atoms with Crippen molar-refractivity contribution in [1.82, 2.24) is 10.2 Å². The summed E-state index contributed by atoms with van der Waals surface area (Å²) < 4.78 is 0. The van der Waals surface area contributed by atoms with E-state index in [9.17, 15) is 4.79 Å². The van der Waals surface area contributed by atoms with E-state index in [0.717, 1.165) is 31.7 Å². The van der Waals surface area contributed by atoms with Crippen molar-refractivity contribution in [2.24, 2.45) is 0 Å². The minimum Gasteiger partial charge on any atom is -0.340 e. The number of piperazine rings is 1. The number of hydrogen-bond donors (Lipinski definition) is 1. The van der Waals surface area contributed by atoms with Gasteiger partial charge in [-0.2, -0.15) is 0 Å². The molecule has 0 aliphatic carbocycles. The number of benzene rings is 2. The molecule has 0 unspecified atom stereocenters. The molecule has 0 aromatic heterocycles. The highest BCUT2D eigenvalue weighted by Gasteiger charge is 2.16. The van der Waals surface area contributed by atoms with Crippen LogP contribution in [0.1, 0.15) is 5.56 Å². The van der Waals surface area contributed by atoms with Crippen molar-refractivity contribution in [3.05, 3.63) is 48.0 Å². The molecule has 1 aliphatic heterocycles. The molecular formula is C16H18N2O. The van der Waals surface area contributed by atoms with Gasteiger partial charge in [0.15, 0.2) is 0 Å². The third-order valence-electron chi connectivity index (χ3n) is 3.64. The summed E-state index contributed by atoms with van der Waals surface area (Å²) in [4.78, 5) is 14.2. The van der Waals surface area contributed by atoms with Crippen LogP contribution in [0.15, 0.2) is 42.5 Å². The van der Waals surface area contributed by atoms with Gasteiger partial charge in [0, 0.05) is 26.2 Å². The number of rotatable bonds is 2. The normalized spacial score (nSPS) is 15.7. The van der Waals surface area contributed by atoms with Gasteiger partial charge in [-0.3, -0.25) is 4.79 Å². The second-order valence-electron chi connectivity index (χ2n) is 4.99. The van der Waals surface area contributed by atoms with Crippen LogP contribution in [0.4, 0.5) is 0 Å². The number of fused-ring (bicyclic) bond motifs is 1. The molecule has 0 saturated carbocycles. The van der Waals surface area contributed by atoms with Crippen molar-refractivity contribution < 1.29 is 4.79 Å². The SMILES string of the molecule is O=C(Cc1ccc2ccccc2c1)N1CCNCC1. The number of carbonyl (C=O) groups excluding carboxylic acids is 1. The summed E-state index contributed by atoms with van der Waals surface area (Å²) in [5.74, 6) is 0.233. The fourth-order valence-corrected chi connectivity index (χ4v) is 2.55. The van der Waals surface area contributed by atoms with Crippen LogP contribution in [0.25, 0.3) is 10.8 Å². The summed E-state index contributed by atoms with van der Waals surface area (Å²) in [7, 11) is 0. The Hall–Kier alpha value is -1.87. The van der Waals surface area contributed by atoms with Crippen LogP contribution >= 0.6 is 0 Å². The lowest BCUT2D eigenvalue weighted by Crippen LogP contribution is -2.46. The van der Waals surface area contributed by atoms with E-state index in [4.69, 9.17) is 0 Å². The molecule has 3 rings (SSSR count). The van der Waals surface area contributed by atoms with Gasteiger partial charge in [-0.15, -0.1) is 0 Å². The van der Waals surface area contributed by atoms with Gasteiger partial charge in [-0.25, -0.2) is 0 Å². The van der Waals surface area contributed by atoms with Crippen molar-refractivity contribution in [2.75, 3.05) is 26.2 Å². The predicted molar refractivity (Wildman–Crippen MR) is 77.1 cm³/mol. The first kappa shape index (κ1) is 12.2. The van der Waals surface area contributed by atoms with Crippen LogP contribution in [-0.2, 0) is 11.2 Å². The van der Waals surface area contributed by atoms with Gasteiger partial charge in [-0.1, -0.05) is 42.5 Å². The van der Waals surface area contributed by atoms with E-state index in [-0.39, 0.29) is 5.91 Å². The Kier molecular flexibility index (Phi) is 3.47. The van der Waals surface area contributed by atoms with Crippen LogP contribution in [0.2, 0.25) is 0 Å². The van der Waals surface area contributed by atoms with E-state index in [1.165, 1.54) is 10.8 Å². The van der Waals surface area contributed by atoms with Crippen molar-refractivity contribution in [3.8, 4) is 0 Å². The molecule has 1 fully saturated rings. The molecule has 2 aromatic carbocycles. The number of nitrogens with zero attached hydrogens (tertiary/aromatic N) is 1. The highest BCUT2D eigenvalue weighted by atomic mass is 16.2. The summed E-state index contributed by atoms with van der Waals surface area (Å²) in [6.07, 6.45) is 0.505. The molecule has 19 heavy (non-hydrogen) atoms. The van der Waals surface area contributed by atoms with Gasteiger partial charge < -0.3 is 10.2 Å². The quantitative estimate of drug-likeness (QED) is 0.886. The minimum atomic E-state index is 0.233. The second-order valence-corrected chi connectivity index (χ2v) is 4.99. The van der Waals surface area contributed by atoms with E-state index in [0.29, 0.717) is 6.42 Å². The zero-order valence-corrected chi connectivity index (χ0v) is 10.9. The van der Waals surface area contributed by atoms with E-state index in [1.54, 1.807) is 0 Å². The molecule has 1 N–H and O–H groups in total. The fourth-order valence-electron chi connectivity index (χ4n) is 2.55. The third-order valence-corrected chi connectivity index (χ3v) is 3.64. The molecule has 0 spiro atoms. The van der Waals surface area contributed by atoms with E-state index in [2.05, 4.69) is 35.6 Å². The minimum absolute atomic E-state index is 0.233. The van der Waals surface area contributed by atoms with Crippen molar-refractivity contribution in [2.45, 2.75) is 6.42 Å². The molecule has 1 heterocycles. The van der Waals surface area contributed by atoms with Gasteiger partial charge in [0.05, 0.1) is 6.42 Å². The molecule has 0 radical (unpaired) electrons. The van der Waals surface area contributed by atoms with Crippen LogP contribution < -0.4 is 5.32 Å². The summed E-state index contributed by atoms with van der Waals surface area (Å²) in [6.45, 7) is 3.46. The monoisotopic (exact) mass is 254 g/mol. The highest BCUT2D eigenvalue weighted by Crippen LogP contribution is 2.16. The largest absolute Gasteiger partial charge is 0.340 e. The molecule has 98 valence electrons. The lowest BCUT2D eigenvalue weighted by Gasteiger charge is -2.27. The Labute approximate surface area is 113 Å². The third kappa shape index (κ3) is 2.76. The van der Waals surface area contributed by atoms with Gasteiger partial charge in [0.1, 0.15) is 0 Å². The summed E-state index contributed by atoms with van der Waals surface area (Å²) in [6, 6.07) is 14.5. The van der Waals surface area contributed by atoms with Crippen molar-refractivity contribution in [3.63, 3.8) is 0 Å². The Morgan fingerprint density at radius 2 is 1.79 bits per heavy atom. The highest BCUT2D eigenvalue weighted by molar-refractivity contribution is 5.85. The zero-order valence-electron chi connectivity index (χ0n) is 10.9. The van der Waals surface area contributed by atoms with Crippen LogP contribution in [0, 0.1) is 0 Å². The first-order chi connectivity index (χ1) is 9.33. The van der Waals surface area contributed by atoms with Crippen molar-refractivity contribution in [1.29, 1.82) is 0 Å². The standard InChI is InChI=1S/C16H18N2O/c19-16(18-9-7-17-8-10-18)12-13-5-6-14-3-1-2-4-15(14)11-13/h1-6,11,17H,7-10,12H2. The lowest BCUT2D eigenvalue weighted by atomic mass is 10.0. The molecule has 1 saturated heterocycles. The van der Waals surface area contributed by atoms with Crippen LogP contribution in [-0.4, -0.2) is 37.0 Å². The van der Waals surface area contributed by atoms with Gasteiger partial charge in [-0.05, 0) is 16.3 Å². The summed E-state index contributed by atoms with van der Waals surface area (Å²) in [5, 5.41) is 5.69. The maximum absolute atomic E-state index is 12.2. The topological polar surface area (TPSA) is 32.3 Å². The van der Waals surface area contributed by atoms with E-state index < -0.39 is 0 Å². The number of amides is 1. The Bertz CT molecular complexity index is 588. The summed E-state index contributed by atoms with van der Waals surface area (Å²) in [5.41, 5.74) is 1.10. The maximum atomic E-state index is 12.2. The van der Waals surface area contributed by atoms with Gasteiger partial charge in [0.25, 0.3) is 0 Å². The Balaban J connectivity index is 1.75. The average Bonchev–Trinajstić information content (AvgIpc) is 2.48. The molecule has 1 aliphatic rings. The predicted octanol–water partition coefficient (Wildman–Crippen LogP) is 1.81. The molecule has 0 atom stereocenters. The van der Waals surface area contributed by atoms with E-state index in [1.807, 2.05) is 17.0 Å². The first-order valence-electron chi connectivity index (χ1n) is 6.79. The fraction of sp³-hybridized carbons (Fsp3) is 0.312. The molecule has 2 aromatic rings. The van der Waals surface area contributed by atoms with Crippen LogP contribution in [0.5, 0.6) is 0 Å². The van der Waals surface area contributed by atoms with E-state index >= 15 is 0 Å². The van der Waals surface area contributed by atoms with Gasteiger partial charge >= 0.3 is 0 Å². The molecule has 3 nitrogen and oxygen atoms in total. The smallest absolute Gasteiger partial charge is 0.227 e. The number of nitrogens with one attached hydrogen (secondary N) is 1. The maximum Gasteiger partial charge on any atom is 0.227 e. The van der Waals surface area contributed by atoms with Crippen molar-refractivity contribution >= 4 is 16.7 Å². The van der Waals surface area contributed by atoms with Gasteiger partial charge in [0.2, 0.25) is 5.91 Å². The molecule has 1 amide bonds. The Morgan fingerprint density at radius 1 is 1.05 bits per heavy atom. The zero-order chi connectivity index (χ0) is 13.1. The summed E-state index contributed by atoms with van der Waals surface area (Å²) >= 11 is 0. The number of carbonyl (C=O) groups is 1. The first-order valence-corrected chi connectivity index (χ1v) is 6.79. The molecular weight excluding hydrogens is 236 g/mol. The number of hydrogen-bond acceptors (Lipinski definition) is 2. The molecule has 0 bridgehead atoms. The molecule has 3 heteroatoms.